The lowest BCUT2D eigenvalue weighted by Gasteiger charge is -2.30. The summed E-state index contributed by atoms with van der Waals surface area (Å²) in [4.78, 5) is 6.94. The van der Waals surface area contributed by atoms with Crippen LogP contribution < -0.4 is 21.7 Å². The third-order valence-electron chi connectivity index (χ3n) is 5.04. The lowest BCUT2D eigenvalue weighted by atomic mass is 9.94. The van der Waals surface area contributed by atoms with Crippen molar-refractivity contribution in [1.29, 1.82) is 0 Å². The van der Waals surface area contributed by atoms with E-state index in [1.54, 1.807) is 16.8 Å². The van der Waals surface area contributed by atoms with Crippen LogP contribution in [-0.4, -0.2) is 51.1 Å². The topological polar surface area (TPSA) is 133 Å². The first kappa shape index (κ1) is 16.9. The van der Waals surface area contributed by atoms with Crippen molar-refractivity contribution in [2.45, 2.75) is 12.6 Å². The van der Waals surface area contributed by atoms with E-state index in [1.807, 2.05) is 19.2 Å². The molecule has 2 aliphatic heterocycles. The maximum Gasteiger partial charge on any atom is 0.184 e. The molecule has 0 amide bonds. The summed E-state index contributed by atoms with van der Waals surface area (Å²) in [5, 5.41) is 16.0. The van der Waals surface area contributed by atoms with Gasteiger partial charge in [-0.3, -0.25) is 0 Å². The second kappa shape index (κ2) is 6.14. The highest BCUT2D eigenvalue weighted by atomic mass is 16.5. The molecule has 3 aromatic rings. The number of fused-ring (bicyclic) bond motifs is 2. The van der Waals surface area contributed by atoms with Gasteiger partial charge in [-0.05, 0) is 25.1 Å². The smallest absolute Gasteiger partial charge is 0.184 e. The molecule has 0 aliphatic carbocycles. The Labute approximate surface area is 161 Å². The molecule has 1 unspecified atom stereocenters. The molecule has 0 aromatic carbocycles. The monoisotopic (exact) mass is 379 g/mol. The first-order valence-electron chi connectivity index (χ1n) is 9.11. The van der Waals surface area contributed by atoms with E-state index >= 15 is 0 Å². The van der Waals surface area contributed by atoms with E-state index in [0.717, 1.165) is 48.8 Å². The van der Waals surface area contributed by atoms with Gasteiger partial charge in [0.1, 0.15) is 17.2 Å². The summed E-state index contributed by atoms with van der Waals surface area (Å²) in [6.07, 6.45) is 3.79. The molecular weight excluding hydrogens is 358 g/mol. The largest absolute Gasteiger partial charge is 0.382 e. The molecule has 144 valence electrons. The van der Waals surface area contributed by atoms with E-state index in [9.17, 15) is 0 Å². The standard InChI is InChI=1S/C18H21N9O/c1-18(20)16-12(8-14(19)23-24-16)13(9-21-18)17-22-15-3-2-11(10-27(15)25-17)26-4-6-28-7-5-26/h2-3,8-10,21H,4-7,20H2,1H3,(H2,19,23). The number of morpholine rings is 1. The van der Waals surface area contributed by atoms with Crippen molar-refractivity contribution in [3.05, 3.63) is 47.7 Å². The SMILES string of the molecule is CC1(N)NC=C(c2nc3ccc(N4CCOCC4)cn3n2)c2cc(N)nnc21. The summed E-state index contributed by atoms with van der Waals surface area (Å²) in [6, 6.07) is 5.77. The molecule has 5 heterocycles. The van der Waals surface area contributed by atoms with Gasteiger partial charge in [0, 0.05) is 30.4 Å². The molecule has 5 rings (SSSR count). The molecule has 2 aliphatic rings. The average Bonchev–Trinajstić information content (AvgIpc) is 3.11. The molecule has 1 fully saturated rings. The molecule has 0 radical (unpaired) electrons. The Kier molecular flexibility index (Phi) is 3.71. The Bertz CT molecular complexity index is 1080. The quantitative estimate of drug-likeness (QED) is 0.565. The molecule has 0 bridgehead atoms. The summed E-state index contributed by atoms with van der Waals surface area (Å²) in [5.41, 5.74) is 15.3. The van der Waals surface area contributed by atoms with E-state index in [1.165, 1.54) is 0 Å². The molecule has 3 aromatic heterocycles. The van der Waals surface area contributed by atoms with Crippen molar-refractivity contribution in [1.82, 2.24) is 30.1 Å². The maximum absolute atomic E-state index is 6.30. The Hall–Kier alpha value is -3.24. The Balaban J connectivity index is 1.56. The summed E-state index contributed by atoms with van der Waals surface area (Å²) >= 11 is 0. The number of hydrogen-bond acceptors (Lipinski definition) is 9. The number of hydrogen-bond donors (Lipinski definition) is 3. The summed E-state index contributed by atoms with van der Waals surface area (Å²) in [6.45, 7) is 5.02. The zero-order valence-corrected chi connectivity index (χ0v) is 15.5. The summed E-state index contributed by atoms with van der Waals surface area (Å²) in [5.74, 6) is 0.886. The van der Waals surface area contributed by atoms with Gasteiger partial charge in [0.2, 0.25) is 0 Å². The second-order valence-corrected chi connectivity index (χ2v) is 7.16. The van der Waals surface area contributed by atoms with Gasteiger partial charge in [-0.1, -0.05) is 0 Å². The third kappa shape index (κ3) is 2.74. The van der Waals surface area contributed by atoms with Gasteiger partial charge in [0.15, 0.2) is 11.5 Å². The fraction of sp³-hybridized carbons (Fsp3) is 0.333. The van der Waals surface area contributed by atoms with Crippen LogP contribution in [0.3, 0.4) is 0 Å². The van der Waals surface area contributed by atoms with Crippen molar-refractivity contribution in [2.75, 3.05) is 36.9 Å². The van der Waals surface area contributed by atoms with E-state index in [4.69, 9.17) is 16.2 Å². The summed E-state index contributed by atoms with van der Waals surface area (Å²) < 4.78 is 7.22. The van der Waals surface area contributed by atoms with Crippen LogP contribution in [0.25, 0.3) is 11.2 Å². The lowest BCUT2D eigenvalue weighted by Crippen LogP contribution is -2.48. The Morgan fingerprint density at radius 3 is 2.86 bits per heavy atom. The maximum atomic E-state index is 6.30. The minimum atomic E-state index is -0.845. The van der Waals surface area contributed by atoms with E-state index in [0.29, 0.717) is 17.3 Å². The lowest BCUT2D eigenvalue weighted by molar-refractivity contribution is 0.122. The van der Waals surface area contributed by atoms with Crippen LogP contribution in [0.4, 0.5) is 11.5 Å². The fourth-order valence-electron chi connectivity index (χ4n) is 3.54. The molecule has 5 N–H and O–H groups in total. The zero-order chi connectivity index (χ0) is 19.3. The molecule has 0 spiro atoms. The number of rotatable bonds is 2. The number of ether oxygens (including phenoxy) is 1. The van der Waals surface area contributed by atoms with Crippen LogP contribution >= 0.6 is 0 Å². The fourth-order valence-corrected chi connectivity index (χ4v) is 3.54. The molecule has 1 atom stereocenters. The number of pyridine rings is 1. The number of anilines is 2. The first-order valence-corrected chi connectivity index (χ1v) is 9.11. The second-order valence-electron chi connectivity index (χ2n) is 7.16. The van der Waals surface area contributed by atoms with Crippen LogP contribution in [0, 0.1) is 0 Å². The number of nitrogen functional groups attached to an aromatic ring is 1. The minimum Gasteiger partial charge on any atom is -0.382 e. The molecular formula is C18H21N9O. The van der Waals surface area contributed by atoms with Gasteiger partial charge in [0.25, 0.3) is 0 Å². The third-order valence-corrected chi connectivity index (χ3v) is 5.04. The van der Waals surface area contributed by atoms with Gasteiger partial charge in [0.05, 0.1) is 25.1 Å². The van der Waals surface area contributed by atoms with E-state index in [-0.39, 0.29) is 0 Å². The summed E-state index contributed by atoms with van der Waals surface area (Å²) in [7, 11) is 0. The number of aromatic nitrogens is 5. The van der Waals surface area contributed by atoms with Crippen LogP contribution in [0.2, 0.25) is 0 Å². The normalized spacial score (nSPS) is 21.9. The predicted octanol–water partition coefficient (Wildman–Crippen LogP) is 0.0619. The molecule has 10 nitrogen and oxygen atoms in total. The average molecular weight is 379 g/mol. The molecule has 28 heavy (non-hydrogen) atoms. The first-order chi connectivity index (χ1) is 13.5. The zero-order valence-electron chi connectivity index (χ0n) is 15.5. The predicted molar refractivity (Wildman–Crippen MR) is 104 cm³/mol. The number of nitrogens with zero attached hydrogens (tertiary/aromatic N) is 6. The Morgan fingerprint density at radius 1 is 1.21 bits per heavy atom. The molecule has 0 saturated carbocycles. The minimum absolute atomic E-state index is 0.320. The van der Waals surface area contributed by atoms with Gasteiger partial charge in [-0.15, -0.1) is 15.3 Å². The van der Waals surface area contributed by atoms with Crippen molar-refractivity contribution >= 4 is 22.7 Å². The number of nitrogens with two attached hydrogens (primary N) is 2. The van der Waals surface area contributed by atoms with Gasteiger partial charge < -0.3 is 26.4 Å². The molecule has 1 saturated heterocycles. The van der Waals surface area contributed by atoms with Gasteiger partial charge >= 0.3 is 0 Å². The van der Waals surface area contributed by atoms with Gasteiger partial charge in [-0.2, -0.15) is 0 Å². The van der Waals surface area contributed by atoms with Crippen molar-refractivity contribution in [2.24, 2.45) is 5.73 Å². The van der Waals surface area contributed by atoms with Crippen molar-refractivity contribution < 1.29 is 4.74 Å². The van der Waals surface area contributed by atoms with Crippen LogP contribution in [0.5, 0.6) is 0 Å². The van der Waals surface area contributed by atoms with Crippen molar-refractivity contribution in [3.8, 4) is 0 Å². The highest BCUT2D eigenvalue weighted by Crippen LogP contribution is 2.32. The van der Waals surface area contributed by atoms with Crippen LogP contribution in [0.1, 0.15) is 24.0 Å². The van der Waals surface area contributed by atoms with Crippen molar-refractivity contribution in [3.63, 3.8) is 0 Å². The molecule has 10 heteroatoms. The number of nitrogens with one attached hydrogen (secondary N) is 1. The van der Waals surface area contributed by atoms with E-state index in [2.05, 4.69) is 36.6 Å². The van der Waals surface area contributed by atoms with E-state index < -0.39 is 5.66 Å². The van der Waals surface area contributed by atoms with Crippen LogP contribution in [-0.2, 0) is 10.4 Å². The van der Waals surface area contributed by atoms with Crippen LogP contribution in [0.15, 0.2) is 30.6 Å². The Morgan fingerprint density at radius 2 is 2.04 bits per heavy atom. The highest BCUT2D eigenvalue weighted by Gasteiger charge is 2.32. The highest BCUT2D eigenvalue weighted by molar-refractivity contribution is 5.80. The van der Waals surface area contributed by atoms with Gasteiger partial charge in [-0.25, -0.2) is 9.50 Å².